The van der Waals surface area contributed by atoms with Crippen molar-refractivity contribution in [3.05, 3.63) is 22.7 Å². The van der Waals surface area contributed by atoms with Crippen LogP contribution in [0.25, 0.3) is 0 Å². The smallest absolute Gasteiger partial charge is 0.311 e. The highest BCUT2D eigenvalue weighted by Gasteiger charge is 2.51. The van der Waals surface area contributed by atoms with E-state index in [4.69, 9.17) is 4.74 Å². The Kier molecular flexibility index (Phi) is 10.1. The monoisotopic (exact) mass is 510 g/mol. The Morgan fingerprint density at radius 3 is 2.66 bits per heavy atom. The predicted molar refractivity (Wildman–Crippen MR) is 138 cm³/mol. The topological polar surface area (TPSA) is 46.5 Å². The van der Waals surface area contributed by atoms with Crippen molar-refractivity contribution >= 4 is 21.9 Å². The number of carbonyl (C=O) groups is 1. The second kappa shape index (κ2) is 11.7. The Hall–Kier alpha value is -0.610. The molecule has 0 aromatic heterocycles. The van der Waals surface area contributed by atoms with Crippen LogP contribution in [-0.2, 0) is 9.53 Å². The number of ether oxygens (including phenoxy) is 1. The van der Waals surface area contributed by atoms with Gasteiger partial charge in [-0.05, 0) is 99.4 Å². The van der Waals surface area contributed by atoms with E-state index in [0.717, 1.165) is 31.3 Å². The van der Waals surface area contributed by atoms with Gasteiger partial charge in [0.05, 0.1) is 11.5 Å². The zero-order valence-corrected chi connectivity index (χ0v) is 23.0. The van der Waals surface area contributed by atoms with Gasteiger partial charge in [0.15, 0.2) is 0 Å². The summed E-state index contributed by atoms with van der Waals surface area (Å²) in [7, 11) is 0. The van der Waals surface area contributed by atoms with Crippen molar-refractivity contribution in [1.29, 1.82) is 0 Å². The number of carbonyl (C=O) groups excluding carboxylic acids is 1. The van der Waals surface area contributed by atoms with E-state index in [1.807, 2.05) is 20.8 Å². The summed E-state index contributed by atoms with van der Waals surface area (Å²) in [6.07, 6.45) is 9.70. The van der Waals surface area contributed by atoms with Crippen LogP contribution in [0, 0.1) is 34.5 Å². The molecule has 32 heavy (non-hydrogen) atoms. The maximum atomic E-state index is 12.2. The molecule has 6 atom stereocenters. The number of unbranched alkanes of at least 4 members (excludes halogenated alkanes) is 1. The van der Waals surface area contributed by atoms with Crippen LogP contribution in [0.3, 0.4) is 0 Å². The van der Waals surface area contributed by atoms with Crippen LogP contribution in [0.1, 0.15) is 99.3 Å². The molecule has 2 rings (SSSR count). The standard InChI is InChI=1S/C28H47BrO3/c1-8-9-12-22(20(3)18-32-26(31)27(4,5)6)25(30)16-19(2)23-13-14-24-21(17-29)11-10-15-28(23,24)7/h17,19,22-25,30H,3,8-16,18H2,1-2,4-7H3/b21-17+/t19-,22-,23-,24+,25-,28-/m1/s1. The largest absolute Gasteiger partial charge is 0.461 e. The Balaban J connectivity index is 2.04. The summed E-state index contributed by atoms with van der Waals surface area (Å²) in [6.45, 7) is 17.0. The molecule has 0 aromatic rings. The lowest BCUT2D eigenvalue weighted by Crippen LogP contribution is -2.37. The van der Waals surface area contributed by atoms with Gasteiger partial charge in [0, 0.05) is 5.92 Å². The minimum atomic E-state index is -0.525. The van der Waals surface area contributed by atoms with Crippen LogP contribution in [0.2, 0.25) is 0 Å². The van der Waals surface area contributed by atoms with Crippen LogP contribution in [0.4, 0.5) is 0 Å². The van der Waals surface area contributed by atoms with Crippen molar-refractivity contribution in [2.75, 3.05) is 6.61 Å². The van der Waals surface area contributed by atoms with E-state index >= 15 is 0 Å². The quantitative estimate of drug-likeness (QED) is 0.240. The summed E-state index contributed by atoms with van der Waals surface area (Å²) >= 11 is 3.62. The molecule has 3 nitrogen and oxygen atoms in total. The molecule has 0 heterocycles. The molecule has 184 valence electrons. The molecule has 1 N–H and O–H groups in total. The van der Waals surface area contributed by atoms with Crippen LogP contribution in [-0.4, -0.2) is 23.8 Å². The highest BCUT2D eigenvalue weighted by molar-refractivity contribution is 9.11. The van der Waals surface area contributed by atoms with Gasteiger partial charge in [-0.3, -0.25) is 4.79 Å². The first kappa shape index (κ1) is 27.6. The molecule has 0 unspecified atom stereocenters. The fourth-order valence-corrected chi connectivity index (χ4v) is 6.98. The van der Waals surface area contributed by atoms with Crippen molar-refractivity contribution in [3.8, 4) is 0 Å². The molecular formula is C28H47BrO3. The van der Waals surface area contributed by atoms with E-state index < -0.39 is 11.5 Å². The summed E-state index contributed by atoms with van der Waals surface area (Å²) in [6, 6.07) is 0. The van der Waals surface area contributed by atoms with E-state index in [-0.39, 0.29) is 18.5 Å². The molecule has 0 aliphatic heterocycles. The minimum Gasteiger partial charge on any atom is -0.461 e. The third-order valence-electron chi connectivity index (χ3n) is 8.34. The van der Waals surface area contributed by atoms with Gasteiger partial charge in [-0.2, -0.15) is 0 Å². The molecule has 0 bridgehead atoms. The summed E-state index contributed by atoms with van der Waals surface area (Å²) in [4.78, 5) is 14.4. The van der Waals surface area contributed by atoms with Gasteiger partial charge in [0.2, 0.25) is 0 Å². The number of rotatable bonds is 10. The first-order chi connectivity index (χ1) is 15.0. The van der Waals surface area contributed by atoms with Crippen LogP contribution >= 0.6 is 15.9 Å². The summed E-state index contributed by atoms with van der Waals surface area (Å²) in [5, 5.41) is 11.3. The molecule has 2 aliphatic carbocycles. The molecule has 2 saturated carbocycles. The summed E-state index contributed by atoms with van der Waals surface area (Å²) in [5.74, 6) is 1.56. The second-order valence-electron chi connectivity index (χ2n) is 11.8. The molecule has 0 spiro atoms. The number of esters is 1. The lowest BCUT2D eigenvalue weighted by Gasteiger charge is -2.44. The Bertz CT molecular complexity index is 677. The Morgan fingerprint density at radius 2 is 2.06 bits per heavy atom. The molecule has 2 fully saturated rings. The number of hydrogen-bond donors (Lipinski definition) is 1. The third kappa shape index (κ3) is 6.50. The van der Waals surface area contributed by atoms with Gasteiger partial charge in [-0.1, -0.05) is 61.7 Å². The number of hydrogen-bond acceptors (Lipinski definition) is 3. The Labute approximate surface area is 205 Å². The first-order valence-corrected chi connectivity index (χ1v) is 13.7. The third-order valence-corrected chi connectivity index (χ3v) is 8.92. The zero-order chi connectivity index (χ0) is 24.1. The average Bonchev–Trinajstić information content (AvgIpc) is 3.08. The van der Waals surface area contributed by atoms with E-state index in [0.29, 0.717) is 23.2 Å². The zero-order valence-electron chi connectivity index (χ0n) is 21.4. The van der Waals surface area contributed by atoms with Crippen molar-refractivity contribution in [1.82, 2.24) is 0 Å². The van der Waals surface area contributed by atoms with Gasteiger partial charge < -0.3 is 9.84 Å². The highest BCUT2D eigenvalue weighted by Crippen LogP contribution is 2.60. The van der Waals surface area contributed by atoms with Gasteiger partial charge >= 0.3 is 5.97 Å². The van der Waals surface area contributed by atoms with Gasteiger partial charge in [0.1, 0.15) is 6.61 Å². The molecular weight excluding hydrogens is 464 g/mol. The SMILES string of the molecule is C=C(COC(=O)C(C)(C)C)[C@@H](CCCC)[C@H](O)C[C@@H](C)[C@H]1CC[C@H]2/C(=C/Br)CCC[C@]12C. The fourth-order valence-electron chi connectivity index (χ4n) is 6.43. The maximum absolute atomic E-state index is 12.2. The predicted octanol–water partition coefficient (Wildman–Crippen LogP) is 7.82. The van der Waals surface area contributed by atoms with Crippen molar-refractivity contribution < 1.29 is 14.6 Å². The van der Waals surface area contributed by atoms with E-state index in [9.17, 15) is 9.90 Å². The molecule has 0 radical (unpaired) electrons. The summed E-state index contributed by atoms with van der Waals surface area (Å²) in [5.41, 5.74) is 2.26. The van der Waals surface area contributed by atoms with Crippen molar-refractivity contribution in [3.63, 3.8) is 0 Å². The number of fused-ring (bicyclic) bond motifs is 1. The fraction of sp³-hybridized carbons (Fsp3) is 0.821. The van der Waals surface area contributed by atoms with Crippen molar-refractivity contribution in [2.24, 2.45) is 34.5 Å². The van der Waals surface area contributed by atoms with Crippen molar-refractivity contribution in [2.45, 2.75) is 105 Å². The number of allylic oxidation sites excluding steroid dienone is 1. The van der Waals surface area contributed by atoms with Gasteiger partial charge in [-0.25, -0.2) is 0 Å². The van der Waals surface area contributed by atoms with Gasteiger partial charge in [0.25, 0.3) is 0 Å². The van der Waals surface area contributed by atoms with E-state index in [1.165, 1.54) is 32.1 Å². The lowest BCUT2D eigenvalue weighted by atomic mass is 9.61. The number of aliphatic hydroxyl groups is 1. The van der Waals surface area contributed by atoms with E-state index in [2.05, 4.69) is 48.3 Å². The van der Waals surface area contributed by atoms with Crippen LogP contribution < -0.4 is 0 Å². The second-order valence-corrected chi connectivity index (χ2v) is 12.3. The molecule has 0 saturated heterocycles. The van der Waals surface area contributed by atoms with Crippen LogP contribution in [0.5, 0.6) is 0 Å². The minimum absolute atomic E-state index is 0.0143. The van der Waals surface area contributed by atoms with Crippen LogP contribution in [0.15, 0.2) is 22.7 Å². The number of aliphatic hydroxyl groups excluding tert-OH is 1. The average molecular weight is 512 g/mol. The maximum Gasteiger partial charge on any atom is 0.311 e. The Morgan fingerprint density at radius 1 is 1.38 bits per heavy atom. The molecule has 4 heteroatoms. The normalized spacial score (nSPS) is 29.9. The molecule has 2 aliphatic rings. The van der Waals surface area contributed by atoms with Gasteiger partial charge in [-0.15, -0.1) is 0 Å². The first-order valence-electron chi connectivity index (χ1n) is 12.8. The molecule has 0 amide bonds. The van der Waals surface area contributed by atoms with E-state index in [1.54, 1.807) is 5.57 Å². The lowest BCUT2D eigenvalue weighted by molar-refractivity contribution is -0.152. The highest BCUT2D eigenvalue weighted by atomic mass is 79.9. The summed E-state index contributed by atoms with van der Waals surface area (Å²) < 4.78 is 5.53. The molecule has 0 aromatic carbocycles. The number of halogens is 1.